The number of aliphatic carboxylic acids is 1. The standard InChI is InChI=1S/C14H15NO5/c1-5-8(4)19-12-9(5)6(2)10(15)7(3)11(12)20-14(18)13(16)17/h15H2,1-4H3,(H,16,17). The molecule has 0 aliphatic heterocycles. The number of rotatable bonds is 1. The minimum Gasteiger partial charge on any atom is -0.473 e. The Kier molecular flexibility index (Phi) is 3.17. The van der Waals surface area contributed by atoms with Gasteiger partial charge in [-0.25, -0.2) is 9.59 Å². The fraction of sp³-hybridized carbons (Fsp3) is 0.286. The molecule has 1 heterocycles. The fourth-order valence-electron chi connectivity index (χ4n) is 2.21. The Balaban J connectivity index is 2.79. The molecule has 20 heavy (non-hydrogen) atoms. The van der Waals surface area contributed by atoms with Gasteiger partial charge in [-0.1, -0.05) is 0 Å². The number of esters is 1. The summed E-state index contributed by atoms with van der Waals surface area (Å²) in [4.78, 5) is 21.9. The third kappa shape index (κ3) is 1.89. The van der Waals surface area contributed by atoms with Crippen molar-refractivity contribution >= 4 is 28.6 Å². The van der Waals surface area contributed by atoms with E-state index >= 15 is 0 Å². The van der Waals surface area contributed by atoms with Crippen molar-refractivity contribution < 1.29 is 23.8 Å². The van der Waals surface area contributed by atoms with Gasteiger partial charge in [-0.15, -0.1) is 0 Å². The maximum atomic E-state index is 11.3. The van der Waals surface area contributed by atoms with Crippen LogP contribution in [0.2, 0.25) is 0 Å². The summed E-state index contributed by atoms with van der Waals surface area (Å²) >= 11 is 0. The normalized spacial score (nSPS) is 10.8. The van der Waals surface area contributed by atoms with E-state index in [1.54, 1.807) is 13.8 Å². The van der Waals surface area contributed by atoms with Crippen LogP contribution in [0.3, 0.4) is 0 Å². The number of carboxylic acid groups (broad SMARTS) is 1. The van der Waals surface area contributed by atoms with E-state index in [4.69, 9.17) is 20.0 Å². The van der Waals surface area contributed by atoms with E-state index in [-0.39, 0.29) is 5.75 Å². The number of nitrogen functional groups attached to an aromatic ring is 1. The molecule has 0 radical (unpaired) electrons. The molecule has 0 aliphatic carbocycles. The first kappa shape index (κ1) is 13.9. The second-order valence-corrected chi connectivity index (χ2v) is 4.67. The van der Waals surface area contributed by atoms with Gasteiger partial charge in [-0.3, -0.25) is 0 Å². The van der Waals surface area contributed by atoms with E-state index in [0.717, 1.165) is 16.5 Å². The Hall–Kier alpha value is -2.50. The number of ether oxygens (including phenoxy) is 1. The van der Waals surface area contributed by atoms with E-state index in [1.165, 1.54) is 0 Å². The summed E-state index contributed by atoms with van der Waals surface area (Å²) in [7, 11) is 0. The van der Waals surface area contributed by atoms with Crippen LogP contribution in [-0.4, -0.2) is 17.0 Å². The molecule has 0 fully saturated rings. The summed E-state index contributed by atoms with van der Waals surface area (Å²) in [5, 5.41) is 9.40. The molecular formula is C14H15NO5. The van der Waals surface area contributed by atoms with Crippen molar-refractivity contribution in [2.24, 2.45) is 0 Å². The van der Waals surface area contributed by atoms with Gasteiger partial charge in [0, 0.05) is 16.6 Å². The van der Waals surface area contributed by atoms with Gasteiger partial charge in [0.1, 0.15) is 5.76 Å². The maximum Gasteiger partial charge on any atom is 0.422 e. The van der Waals surface area contributed by atoms with Gasteiger partial charge in [0.2, 0.25) is 0 Å². The topological polar surface area (TPSA) is 103 Å². The van der Waals surface area contributed by atoms with Crippen LogP contribution < -0.4 is 10.5 Å². The molecule has 2 rings (SSSR count). The summed E-state index contributed by atoms with van der Waals surface area (Å²) in [5.74, 6) is -2.31. The number of carbonyl (C=O) groups is 2. The summed E-state index contributed by atoms with van der Waals surface area (Å²) < 4.78 is 10.5. The number of hydrogen-bond donors (Lipinski definition) is 2. The van der Waals surface area contributed by atoms with Crippen molar-refractivity contribution in [3.05, 3.63) is 22.5 Å². The molecule has 0 atom stereocenters. The van der Waals surface area contributed by atoms with Crippen LogP contribution in [0.25, 0.3) is 11.0 Å². The molecule has 106 valence electrons. The van der Waals surface area contributed by atoms with Crippen molar-refractivity contribution in [3.8, 4) is 5.75 Å². The van der Waals surface area contributed by atoms with Crippen LogP contribution in [0.4, 0.5) is 5.69 Å². The molecule has 3 N–H and O–H groups in total. The number of benzene rings is 1. The largest absolute Gasteiger partial charge is 0.473 e. The average Bonchev–Trinajstić information content (AvgIpc) is 2.68. The summed E-state index contributed by atoms with van der Waals surface area (Å²) in [6.07, 6.45) is 0. The lowest BCUT2D eigenvalue weighted by atomic mass is 10.0. The number of carbonyl (C=O) groups excluding carboxylic acids is 1. The highest BCUT2D eigenvalue weighted by Gasteiger charge is 2.24. The highest BCUT2D eigenvalue weighted by atomic mass is 16.6. The van der Waals surface area contributed by atoms with Gasteiger partial charge in [0.15, 0.2) is 11.3 Å². The lowest BCUT2D eigenvalue weighted by molar-refractivity contribution is -0.158. The van der Waals surface area contributed by atoms with Crippen molar-refractivity contribution in [2.45, 2.75) is 27.7 Å². The first-order valence-corrected chi connectivity index (χ1v) is 5.99. The highest BCUT2D eigenvalue weighted by molar-refractivity contribution is 6.29. The number of carboxylic acids is 1. The van der Waals surface area contributed by atoms with Crippen LogP contribution in [0, 0.1) is 27.7 Å². The Bertz CT molecular complexity index is 742. The van der Waals surface area contributed by atoms with Crippen molar-refractivity contribution in [2.75, 3.05) is 5.73 Å². The Morgan fingerprint density at radius 3 is 2.25 bits per heavy atom. The van der Waals surface area contributed by atoms with E-state index in [0.29, 0.717) is 22.6 Å². The SMILES string of the molecule is Cc1oc2c(OC(=O)C(=O)O)c(C)c(N)c(C)c2c1C. The molecule has 0 unspecified atom stereocenters. The molecule has 0 spiro atoms. The second kappa shape index (κ2) is 4.56. The zero-order valence-corrected chi connectivity index (χ0v) is 11.7. The molecular weight excluding hydrogens is 262 g/mol. The smallest absolute Gasteiger partial charge is 0.422 e. The van der Waals surface area contributed by atoms with Gasteiger partial charge in [-0.2, -0.15) is 0 Å². The molecule has 0 saturated carbocycles. The minimum atomic E-state index is -1.67. The molecule has 0 bridgehead atoms. The van der Waals surface area contributed by atoms with E-state index < -0.39 is 11.9 Å². The van der Waals surface area contributed by atoms with Crippen molar-refractivity contribution in [1.29, 1.82) is 0 Å². The van der Waals surface area contributed by atoms with Crippen molar-refractivity contribution in [3.63, 3.8) is 0 Å². The van der Waals surface area contributed by atoms with E-state index in [1.807, 2.05) is 13.8 Å². The van der Waals surface area contributed by atoms with Crippen molar-refractivity contribution in [1.82, 2.24) is 0 Å². The number of hydrogen-bond acceptors (Lipinski definition) is 5. The van der Waals surface area contributed by atoms with Crippen LogP contribution in [-0.2, 0) is 9.59 Å². The molecule has 2 aromatic rings. The number of anilines is 1. The maximum absolute atomic E-state index is 11.3. The molecule has 6 nitrogen and oxygen atoms in total. The third-order valence-corrected chi connectivity index (χ3v) is 3.48. The van der Waals surface area contributed by atoms with Crippen LogP contribution in [0.5, 0.6) is 5.75 Å². The fourth-order valence-corrected chi connectivity index (χ4v) is 2.21. The van der Waals surface area contributed by atoms with Gasteiger partial charge in [-0.05, 0) is 38.8 Å². The summed E-state index contributed by atoms with van der Waals surface area (Å²) in [5.41, 5.74) is 8.99. The first-order valence-electron chi connectivity index (χ1n) is 5.99. The molecule has 0 saturated heterocycles. The van der Waals surface area contributed by atoms with E-state index in [2.05, 4.69) is 0 Å². The van der Waals surface area contributed by atoms with Gasteiger partial charge >= 0.3 is 11.9 Å². The molecule has 1 aromatic heterocycles. The second-order valence-electron chi connectivity index (χ2n) is 4.67. The number of fused-ring (bicyclic) bond motifs is 1. The minimum absolute atomic E-state index is 0.0618. The number of nitrogens with two attached hydrogens (primary N) is 1. The molecule has 6 heteroatoms. The van der Waals surface area contributed by atoms with Gasteiger partial charge < -0.3 is 20.0 Å². The molecule has 1 aromatic carbocycles. The average molecular weight is 277 g/mol. The Morgan fingerprint density at radius 1 is 1.10 bits per heavy atom. The predicted octanol–water partition coefficient (Wildman–Crippen LogP) is 2.24. The molecule has 0 aliphatic rings. The molecule has 0 amide bonds. The highest BCUT2D eigenvalue weighted by Crippen LogP contribution is 2.41. The van der Waals surface area contributed by atoms with Crippen LogP contribution in [0.15, 0.2) is 4.42 Å². The third-order valence-electron chi connectivity index (χ3n) is 3.48. The van der Waals surface area contributed by atoms with Gasteiger partial charge in [0.05, 0.1) is 0 Å². The van der Waals surface area contributed by atoms with Crippen LogP contribution in [0.1, 0.15) is 22.5 Å². The van der Waals surface area contributed by atoms with Gasteiger partial charge in [0.25, 0.3) is 0 Å². The zero-order chi connectivity index (χ0) is 15.2. The summed E-state index contributed by atoms with van der Waals surface area (Å²) in [6, 6.07) is 0. The first-order chi connectivity index (χ1) is 9.25. The van der Waals surface area contributed by atoms with E-state index in [9.17, 15) is 9.59 Å². The predicted molar refractivity (Wildman–Crippen MR) is 72.8 cm³/mol. The quantitative estimate of drug-likeness (QED) is 0.358. The lowest BCUT2D eigenvalue weighted by Crippen LogP contribution is -2.20. The Morgan fingerprint density at radius 2 is 1.70 bits per heavy atom. The monoisotopic (exact) mass is 277 g/mol. The summed E-state index contributed by atoms with van der Waals surface area (Å²) in [6.45, 7) is 7.14. The Labute approximate surface area is 115 Å². The number of furan rings is 1. The lowest BCUT2D eigenvalue weighted by Gasteiger charge is -2.12. The zero-order valence-electron chi connectivity index (χ0n) is 11.7. The number of aryl methyl sites for hydroxylation is 3. The van der Waals surface area contributed by atoms with Crippen LogP contribution >= 0.6 is 0 Å².